The first-order valence-corrected chi connectivity index (χ1v) is 8.46. The molecule has 0 aliphatic rings. The third kappa shape index (κ3) is 4.17. The number of aliphatic carboxylic acids is 1. The number of carbonyl (C=O) groups excluding carboxylic acids is 1. The minimum Gasteiger partial charge on any atom is -0.502 e. The van der Waals surface area contributed by atoms with Crippen LogP contribution in [-0.2, 0) is 4.79 Å². The molecule has 0 fully saturated rings. The zero-order valence-corrected chi connectivity index (χ0v) is 14.3. The lowest BCUT2D eigenvalue weighted by Gasteiger charge is -2.06. The van der Waals surface area contributed by atoms with Crippen molar-refractivity contribution in [2.75, 3.05) is 0 Å². The van der Waals surface area contributed by atoms with Crippen LogP contribution in [0.5, 0.6) is 11.5 Å². The van der Waals surface area contributed by atoms with Gasteiger partial charge in [0.2, 0.25) is 5.76 Å². The van der Waals surface area contributed by atoms with Crippen LogP contribution in [0.1, 0.15) is 9.67 Å². The van der Waals surface area contributed by atoms with Crippen molar-refractivity contribution in [3.63, 3.8) is 0 Å². The average Bonchev–Trinajstić information content (AvgIpc) is 3.13. The molecule has 1 aromatic heterocycles. The molecule has 0 saturated carbocycles. The summed E-state index contributed by atoms with van der Waals surface area (Å²) in [5.41, 5.74) is 0.904. The second-order valence-electron chi connectivity index (χ2n) is 5.30. The Kier molecular flexibility index (Phi) is 5.15. The van der Waals surface area contributed by atoms with E-state index in [1.807, 2.05) is 54.6 Å². The van der Waals surface area contributed by atoms with Crippen molar-refractivity contribution in [3.8, 4) is 21.9 Å². The molecular weight excluding hydrogens is 352 g/mol. The van der Waals surface area contributed by atoms with Crippen molar-refractivity contribution in [2.45, 2.75) is 0 Å². The van der Waals surface area contributed by atoms with Crippen molar-refractivity contribution < 1.29 is 24.5 Å². The highest BCUT2D eigenvalue weighted by Crippen LogP contribution is 2.31. The lowest BCUT2D eigenvalue weighted by Crippen LogP contribution is -2.02. The van der Waals surface area contributed by atoms with Crippen LogP contribution in [0.3, 0.4) is 0 Å². The molecule has 3 rings (SSSR count). The molecule has 6 heteroatoms. The third-order valence-electron chi connectivity index (χ3n) is 3.45. The fourth-order valence-electron chi connectivity index (χ4n) is 2.19. The van der Waals surface area contributed by atoms with Crippen LogP contribution in [0, 0.1) is 0 Å². The maximum Gasteiger partial charge on any atom is 0.371 e. The predicted molar refractivity (Wildman–Crippen MR) is 98.9 cm³/mol. The van der Waals surface area contributed by atoms with Gasteiger partial charge >= 0.3 is 5.97 Å². The fraction of sp³-hybridized carbons (Fsp3) is 0. The van der Waals surface area contributed by atoms with E-state index < -0.39 is 17.5 Å². The van der Waals surface area contributed by atoms with Gasteiger partial charge in [0.25, 0.3) is 0 Å². The largest absolute Gasteiger partial charge is 0.502 e. The first-order valence-electron chi connectivity index (χ1n) is 7.64. The number of carboxylic acids is 1. The molecule has 0 radical (unpaired) electrons. The Morgan fingerprint density at radius 2 is 1.50 bits per heavy atom. The van der Waals surface area contributed by atoms with Crippen LogP contribution >= 0.6 is 11.3 Å². The molecule has 2 aromatic carbocycles. The number of hydrogen-bond acceptors (Lipinski definition) is 5. The summed E-state index contributed by atoms with van der Waals surface area (Å²) in [6.07, 6.45) is 0.703. The molecule has 0 atom stereocenters. The number of thiophene rings is 1. The van der Waals surface area contributed by atoms with Crippen LogP contribution in [-0.4, -0.2) is 22.0 Å². The minimum atomic E-state index is -1.54. The smallest absolute Gasteiger partial charge is 0.371 e. The second-order valence-corrected chi connectivity index (χ2v) is 6.39. The van der Waals surface area contributed by atoms with E-state index in [1.54, 1.807) is 12.1 Å². The lowest BCUT2D eigenvalue weighted by molar-refractivity contribution is -0.135. The molecule has 3 aromatic rings. The maximum atomic E-state index is 12.0. The number of allylic oxidation sites excluding steroid dienone is 1. The van der Waals surface area contributed by atoms with Crippen LogP contribution < -0.4 is 4.74 Å². The summed E-state index contributed by atoms with van der Waals surface area (Å²) < 4.78 is 5.74. The molecule has 0 aliphatic carbocycles. The van der Waals surface area contributed by atoms with E-state index in [1.165, 1.54) is 11.3 Å². The van der Waals surface area contributed by atoms with Gasteiger partial charge < -0.3 is 14.9 Å². The van der Waals surface area contributed by atoms with Gasteiger partial charge in [0.1, 0.15) is 11.5 Å². The van der Waals surface area contributed by atoms with E-state index in [-0.39, 0.29) is 0 Å². The number of carbonyl (C=O) groups is 2. The van der Waals surface area contributed by atoms with Crippen LogP contribution in [0.2, 0.25) is 0 Å². The maximum absolute atomic E-state index is 12.0. The van der Waals surface area contributed by atoms with Gasteiger partial charge in [0, 0.05) is 11.0 Å². The highest BCUT2D eigenvalue weighted by Gasteiger charge is 2.12. The molecule has 0 aliphatic heterocycles. The summed E-state index contributed by atoms with van der Waals surface area (Å²) in [5.74, 6) is -1.63. The molecule has 26 heavy (non-hydrogen) atoms. The van der Waals surface area contributed by atoms with Gasteiger partial charge in [0.05, 0.1) is 4.88 Å². The van der Waals surface area contributed by atoms with Crippen molar-refractivity contribution in [2.24, 2.45) is 0 Å². The van der Waals surface area contributed by atoms with E-state index in [0.29, 0.717) is 16.7 Å². The molecule has 2 N–H and O–H groups in total. The van der Waals surface area contributed by atoms with E-state index in [9.17, 15) is 9.59 Å². The lowest BCUT2D eigenvalue weighted by atomic mass is 10.2. The monoisotopic (exact) mass is 366 g/mol. The predicted octanol–water partition coefficient (Wildman–Crippen LogP) is 4.92. The van der Waals surface area contributed by atoms with E-state index in [4.69, 9.17) is 14.9 Å². The highest BCUT2D eigenvalue weighted by molar-refractivity contribution is 7.17. The number of para-hydroxylation sites is 1. The van der Waals surface area contributed by atoms with E-state index in [2.05, 4.69) is 0 Å². The van der Waals surface area contributed by atoms with Crippen LogP contribution in [0.4, 0.5) is 0 Å². The fourth-order valence-corrected chi connectivity index (χ4v) is 3.12. The first-order chi connectivity index (χ1) is 12.5. The summed E-state index contributed by atoms with van der Waals surface area (Å²) >= 11 is 1.22. The first kappa shape index (κ1) is 17.4. The summed E-state index contributed by atoms with van der Waals surface area (Å²) in [6, 6.07) is 20.2. The van der Waals surface area contributed by atoms with Crippen LogP contribution in [0.15, 0.2) is 78.6 Å². The van der Waals surface area contributed by atoms with Gasteiger partial charge in [-0.2, -0.15) is 0 Å². The number of carboxylic acid groups (broad SMARTS) is 1. The molecule has 5 nitrogen and oxygen atoms in total. The number of hydrogen-bond donors (Lipinski definition) is 2. The minimum absolute atomic E-state index is 0.345. The molecule has 0 saturated heterocycles. The van der Waals surface area contributed by atoms with Gasteiger partial charge in [-0.15, -0.1) is 11.3 Å². The van der Waals surface area contributed by atoms with Gasteiger partial charge in [-0.25, -0.2) is 4.79 Å². The van der Waals surface area contributed by atoms with Gasteiger partial charge in [-0.05, 0) is 54.1 Å². The number of benzene rings is 2. The Labute approximate surface area is 153 Å². The summed E-state index contributed by atoms with van der Waals surface area (Å²) in [6.45, 7) is 0. The SMILES string of the molecule is O=C(O)/C(O)=C/C(=O)c1ccc(-c2ccc(Oc3ccccc3)cc2)s1. The second kappa shape index (κ2) is 7.67. The van der Waals surface area contributed by atoms with Gasteiger partial charge in [-0.1, -0.05) is 18.2 Å². The van der Waals surface area contributed by atoms with Gasteiger partial charge in [-0.3, -0.25) is 4.79 Å². The average molecular weight is 366 g/mol. The van der Waals surface area contributed by atoms with Crippen molar-refractivity contribution >= 4 is 23.1 Å². The number of aliphatic hydroxyl groups is 1. The molecule has 130 valence electrons. The molecule has 0 spiro atoms. The number of ether oxygens (including phenoxy) is 1. The van der Waals surface area contributed by atoms with Crippen LogP contribution in [0.25, 0.3) is 10.4 Å². The number of rotatable bonds is 6. The van der Waals surface area contributed by atoms with Crippen molar-refractivity contribution in [1.29, 1.82) is 0 Å². The number of aliphatic hydroxyl groups excluding tert-OH is 1. The molecule has 0 bridgehead atoms. The van der Waals surface area contributed by atoms with Crippen molar-refractivity contribution in [3.05, 3.63) is 83.4 Å². The Bertz CT molecular complexity index is 955. The Morgan fingerprint density at radius 1 is 0.846 bits per heavy atom. The Morgan fingerprint density at radius 3 is 2.15 bits per heavy atom. The zero-order chi connectivity index (χ0) is 18.5. The topological polar surface area (TPSA) is 83.8 Å². The Balaban J connectivity index is 1.74. The normalized spacial score (nSPS) is 11.2. The quantitative estimate of drug-likeness (QED) is 0.368. The highest BCUT2D eigenvalue weighted by atomic mass is 32.1. The molecule has 1 heterocycles. The van der Waals surface area contributed by atoms with E-state index >= 15 is 0 Å². The standard InChI is InChI=1S/C20H14O5S/c21-16(12-17(22)20(23)24)19-11-10-18(26-19)13-6-8-15(9-7-13)25-14-4-2-1-3-5-14/h1-12,22H,(H,23,24)/b17-12-. The Hall–Kier alpha value is -3.38. The molecular formula is C20H14O5S. The zero-order valence-electron chi connectivity index (χ0n) is 13.5. The summed E-state index contributed by atoms with van der Waals surface area (Å²) in [7, 11) is 0. The van der Waals surface area contributed by atoms with E-state index in [0.717, 1.165) is 16.2 Å². The third-order valence-corrected chi connectivity index (χ3v) is 4.60. The summed E-state index contributed by atoms with van der Waals surface area (Å²) in [4.78, 5) is 23.7. The van der Waals surface area contributed by atoms with Gasteiger partial charge in [0.15, 0.2) is 5.78 Å². The van der Waals surface area contributed by atoms with Crippen molar-refractivity contribution in [1.82, 2.24) is 0 Å². The molecule has 0 amide bonds. The summed E-state index contributed by atoms with van der Waals surface area (Å²) in [5, 5.41) is 17.8. The molecule has 0 unspecified atom stereocenters. The number of ketones is 1.